The average molecular weight is 1590 g/mol. The normalized spacial score (nSPS) is 12.2. The summed E-state index contributed by atoms with van der Waals surface area (Å²) in [7, 11) is 22.0. The number of hydrogen-bond donors (Lipinski definition) is 6. The van der Waals surface area contributed by atoms with Crippen LogP contribution < -0.4 is 0 Å². The molecule has 622 valence electrons. The quantitative estimate of drug-likeness (QED) is 0.0221. The molecule has 0 aliphatic rings. The van der Waals surface area contributed by atoms with Crippen molar-refractivity contribution in [2.75, 3.05) is 242 Å². The molecule has 30 heteroatoms. The van der Waals surface area contributed by atoms with Gasteiger partial charge in [0, 0.05) is 98.9 Å². The number of halogens is 1. The molecule has 3 aromatic rings. The highest BCUT2D eigenvalue weighted by Gasteiger charge is 2.16. The van der Waals surface area contributed by atoms with Crippen LogP contribution in [-0.4, -0.2) is 357 Å². The van der Waals surface area contributed by atoms with Gasteiger partial charge in [0.1, 0.15) is 0 Å². The van der Waals surface area contributed by atoms with Crippen LogP contribution in [0.5, 0.6) is 0 Å². The van der Waals surface area contributed by atoms with Crippen LogP contribution in [0.2, 0.25) is 0 Å². The number of esters is 2. The monoisotopic (exact) mass is 1590 g/mol. The third-order valence-corrected chi connectivity index (χ3v) is 13.8. The molecular weight excluding hydrogens is 1450 g/mol. The van der Waals surface area contributed by atoms with Crippen molar-refractivity contribution < 1.29 is 118 Å². The number of carboxylic acid groups (broad SMARTS) is 2. The Morgan fingerprint density at radius 3 is 0.981 bits per heavy atom. The van der Waals surface area contributed by atoms with Crippen molar-refractivity contribution in [1.82, 2.24) is 24.5 Å². The van der Waals surface area contributed by atoms with E-state index in [1.165, 1.54) is 30.9 Å². The van der Waals surface area contributed by atoms with Gasteiger partial charge in [0.2, 0.25) is 0 Å². The Hall–Kier alpha value is -4.82. The number of methoxy groups -OCH3 is 2. The number of aliphatic hydroxyl groups excluding tert-OH is 4. The summed E-state index contributed by atoms with van der Waals surface area (Å²) in [5.74, 6) is -2.43. The fourth-order valence-corrected chi connectivity index (χ4v) is 8.56. The minimum Gasteiger partial charge on any atom is -0.481 e. The number of carbonyl (C=O) groups excluding carboxylic acids is 2. The Bertz CT molecular complexity index is 2340. The van der Waals surface area contributed by atoms with E-state index in [9.17, 15) is 19.2 Å². The lowest BCUT2D eigenvalue weighted by Crippen LogP contribution is -2.33. The third-order valence-electron chi connectivity index (χ3n) is 13.2. The molecule has 0 amide bonds. The number of aliphatic hydroxyl groups is 4. The first kappa shape index (κ1) is 110. The van der Waals surface area contributed by atoms with Gasteiger partial charge in [-0.25, -0.2) is 0 Å². The van der Waals surface area contributed by atoms with Crippen LogP contribution in [0.25, 0.3) is 0 Å². The van der Waals surface area contributed by atoms with Crippen molar-refractivity contribution in [2.24, 2.45) is 0 Å². The van der Waals surface area contributed by atoms with E-state index < -0.39 is 18.0 Å². The zero-order valence-electron chi connectivity index (χ0n) is 65.2. The molecule has 0 aromatic heterocycles. The fraction of sp³-hybridized carbons (Fsp3) is 0.711. The second kappa shape index (κ2) is 81.2. The first-order valence-corrected chi connectivity index (χ1v) is 36.6. The number of carboxylic acids is 2. The van der Waals surface area contributed by atoms with Crippen molar-refractivity contribution in [3.8, 4) is 0 Å². The number of ether oxygens (including phenoxy) is 13. The zero-order chi connectivity index (χ0) is 78.1. The van der Waals surface area contributed by atoms with Gasteiger partial charge in [-0.05, 0) is 119 Å². The van der Waals surface area contributed by atoms with Gasteiger partial charge in [-0.1, -0.05) is 114 Å². The highest BCUT2D eigenvalue weighted by Crippen LogP contribution is 2.07. The first-order valence-electron chi connectivity index (χ1n) is 35.4. The van der Waals surface area contributed by atoms with Crippen LogP contribution in [-0.2, 0) is 101 Å². The van der Waals surface area contributed by atoms with Gasteiger partial charge in [-0.15, -0.1) is 0 Å². The maximum atomic E-state index is 11.0. The Labute approximate surface area is 644 Å². The molecule has 0 bridgehead atoms. The molecular formula is C76H142BrN5O24. The lowest BCUT2D eigenvalue weighted by Gasteiger charge is -2.21. The summed E-state index contributed by atoms with van der Waals surface area (Å²) in [5, 5.41) is 52.3. The zero-order valence-corrected chi connectivity index (χ0v) is 66.8. The molecule has 8 N–H and O–H groups in total. The van der Waals surface area contributed by atoms with Gasteiger partial charge in [0.15, 0.2) is 0 Å². The number of carbonyl (C=O) groups is 4. The Balaban J connectivity index is -0.000000296. The molecule has 0 aliphatic heterocycles. The molecule has 106 heavy (non-hydrogen) atoms. The summed E-state index contributed by atoms with van der Waals surface area (Å²) in [6, 6.07) is 30.7. The van der Waals surface area contributed by atoms with Crippen LogP contribution in [0.1, 0.15) is 83.3 Å². The standard InChI is InChI=1S/C25H37NO4.C13H25NO6.C11H21NO6.C11H25NO4.C10H13BrO.C5H13NO2.CH4.H2O.H2/c1-26(2)19-25(30-18-10-17-28-21-24-13-7-4-8-14-24)22-29-16-9-15-27-20-23-11-5-3-6-12-23;1-14(2)9-11(20-8-6-13(16)18-4)10-19-7-5-12(15)17-3;1-12(2)7-9(18-6-4-11(15)16)8-17-5-3-10(13)14;1-12(2)9-11(16-8-4-6-14)10-15-7-3-5-13;11-7-4-8-12-9-10-5-2-1-3-6-10;1-6(2)3-5(8)4-7;;;/h3-8,11-14,25H,9-10,15-22H2,1-2H3;11H,5-10H2,1-4H3;9H,3-8H2,1-2H3,(H,13,14)(H,15,16);11,13-14H,3-10H2,1-2H3;1-3,5-6H,4,7-9H2;5,7-8H,3-4H2,1-2H3;1H4;1H2;1H. The minimum atomic E-state index is -0.912. The van der Waals surface area contributed by atoms with Gasteiger partial charge < -0.3 is 122 Å². The third kappa shape index (κ3) is 83.2. The number of aliphatic carboxylic acids is 2. The second-order valence-corrected chi connectivity index (χ2v) is 25.7. The van der Waals surface area contributed by atoms with Crippen LogP contribution in [0, 0.1) is 0 Å². The molecule has 0 heterocycles. The van der Waals surface area contributed by atoms with Crippen LogP contribution in [0.4, 0.5) is 0 Å². The number of alkyl halides is 1. The van der Waals surface area contributed by atoms with Gasteiger partial charge in [-0.2, -0.15) is 0 Å². The number of benzene rings is 3. The average Bonchev–Trinajstić information content (AvgIpc) is 1.48. The number of hydrogen-bond acceptors (Lipinski definition) is 26. The maximum Gasteiger partial charge on any atom is 0.307 e. The van der Waals surface area contributed by atoms with Crippen molar-refractivity contribution in [3.05, 3.63) is 108 Å². The molecule has 0 radical (unpaired) electrons. The highest BCUT2D eigenvalue weighted by atomic mass is 79.9. The summed E-state index contributed by atoms with van der Waals surface area (Å²) < 4.78 is 70.2. The van der Waals surface area contributed by atoms with Crippen molar-refractivity contribution in [1.29, 1.82) is 0 Å². The molecule has 3 rings (SSSR count). The summed E-state index contributed by atoms with van der Waals surface area (Å²) in [5.41, 5.74) is 3.64. The molecule has 0 saturated heterocycles. The van der Waals surface area contributed by atoms with Gasteiger partial charge >= 0.3 is 23.9 Å². The number of likely N-dealkylation sites (N-methyl/N-ethyl adjacent to an activating group) is 5. The van der Waals surface area contributed by atoms with E-state index in [1.54, 1.807) is 0 Å². The van der Waals surface area contributed by atoms with Crippen molar-refractivity contribution in [2.45, 2.75) is 116 Å². The summed E-state index contributed by atoms with van der Waals surface area (Å²) in [6.45, 7) is 12.9. The fourth-order valence-electron chi connectivity index (χ4n) is 8.33. The Kier molecular flexibility index (Phi) is 84.1. The molecule has 29 nitrogen and oxygen atoms in total. The van der Waals surface area contributed by atoms with Crippen molar-refractivity contribution >= 4 is 39.8 Å². The highest BCUT2D eigenvalue weighted by molar-refractivity contribution is 9.09. The number of nitrogens with zero attached hydrogens (tertiary/aromatic N) is 5. The molecule has 3 aromatic carbocycles. The topological polar surface area (TPSA) is 357 Å². The molecule has 5 atom stereocenters. The smallest absolute Gasteiger partial charge is 0.307 e. The maximum absolute atomic E-state index is 11.0. The Morgan fingerprint density at radius 1 is 0.387 bits per heavy atom. The van der Waals surface area contributed by atoms with Crippen LogP contribution in [0.15, 0.2) is 91.0 Å². The SMILES string of the molecule is BrCCCOCc1ccccc1.C.CN(C)CC(COCCC(=O)O)OCCC(=O)O.CN(C)CC(COCCCO)OCCCO.CN(C)CC(COCCCOCc1ccccc1)OCCCOCc1ccccc1.CN(C)CC(O)CO.COC(=O)CCOCC(CN(C)C)OCCC(=O)OC.O.[HH]. The van der Waals surface area contributed by atoms with E-state index in [0.29, 0.717) is 105 Å². The molecule has 0 saturated carbocycles. The predicted molar refractivity (Wildman–Crippen MR) is 418 cm³/mol. The molecule has 0 fully saturated rings. The van der Waals surface area contributed by atoms with E-state index in [0.717, 1.165) is 50.9 Å². The summed E-state index contributed by atoms with van der Waals surface area (Å²) in [6.07, 6.45) is 3.56. The summed E-state index contributed by atoms with van der Waals surface area (Å²) >= 11 is 3.36. The van der Waals surface area contributed by atoms with E-state index in [4.69, 9.17) is 82.7 Å². The largest absolute Gasteiger partial charge is 0.481 e. The van der Waals surface area contributed by atoms with E-state index in [-0.39, 0.29) is 129 Å². The lowest BCUT2D eigenvalue weighted by atomic mass is 10.2. The van der Waals surface area contributed by atoms with E-state index in [1.807, 2.05) is 131 Å². The summed E-state index contributed by atoms with van der Waals surface area (Å²) in [4.78, 5) is 52.4. The lowest BCUT2D eigenvalue weighted by molar-refractivity contribution is -0.144. The van der Waals surface area contributed by atoms with E-state index >= 15 is 0 Å². The van der Waals surface area contributed by atoms with Crippen molar-refractivity contribution in [3.63, 3.8) is 0 Å². The molecule has 5 unspecified atom stereocenters. The van der Waals surface area contributed by atoms with Gasteiger partial charge in [0.25, 0.3) is 0 Å². The Morgan fingerprint density at radius 2 is 0.660 bits per heavy atom. The minimum absolute atomic E-state index is 0. The van der Waals surface area contributed by atoms with Gasteiger partial charge in [0.05, 0.1) is 150 Å². The second-order valence-electron chi connectivity index (χ2n) is 24.9. The molecule has 0 spiro atoms. The predicted octanol–water partition coefficient (Wildman–Crippen LogP) is 5.80. The van der Waals surface area contributed by atoms with E-state index in [2.05, 4.69) is 80.8 Å². The van der Waals surface area contributed by atoms with Gasteiger partial charge in [-0.3, -0.25) is 19.2 Å². The van der Waals surface area contributed by atoms with Crippen LogP contribution in [0.3, 0.4) is 0 Å². The van der Waals surface area contributed by atoms with Crippen LogP contribution >= 0.6 is 15.9 Å². The number of rotatable bonds is 58. The first-order chi connectivity index (χ1) is 49.9. The molecule has 0 aliphatic carbocycles.